The van der Waals surface area contributed by atoms with Gasteiger partial charge in [-0.1, -0.05) is 12.1 Å². The van der Waals surface area contributed by atoms with Gasteiger partial charge < -0.3 is 19.7 Å². The van der Waals surface area contributed by atoms with Gasteiger partial charge in [-0.15, -0.1) is 0 Å². The van der Waals surface area contributed by atoms with Crippen molar-refractivity contribution in [2.75, 3.05) is 19.8 Å². The van der Waals surface area contributed by atoms with Crippen LogP contribution in [0, 0.1) is 0 Å². The van der Waals surface area contributed by atoms with E-state index in [9.17, 15) is 9.59 Å². The number of nitrogens with zero attached hydrogens (tertiary/aromatic N) is 1. The summed E-state index contributed by atoms with van der Waals surface area (Å²) in [7, 11) is 0. The molecular formula is C23H28N2O4. The van der Waals surface area contributed by atoms with Crippen LogP contribution < -0.4 is 14.8 Å². The number of amides is 2. The number of hydrogen-bond donors (Lipinski definition) is 1. The molecule has 0 bridgehead atoms. The van der Waals surface area contributed by atoms with E-state index in [-0.39, 0.29) is 11.8 Å². The summed E-state index contributed by atoms with van der Waals surface area (Å²) < 4.78 is 11.4. The number of hydrogen-bond acceptors (Lipinski definition) is 4. The summed E-state index contributed by atoms with van der Waals surface area (Å²) in [5.74, 6) is 1.43. The van der Waals surface area contributed by atoms with E-state index >= 15 is 0 Å². The Hall–Kier alpha value is -3.02. The lowest BCUT2D eigenvalue weighted by Crippen LogP contribution is -2.36. The highest BCUT2D eigenvalue weighted by atomic mass is 16.5. The van der Waals surface area contributed by atoms with E-state index in [1.165, 1.54) is 12.5 Å². The standard InChI is InChI=1S/C23H28N2O4/c1-4-28-21-12-19-10-11-25(15-20(19)13-22(21)29-5-2)23(27)18-8-6-17(7-9-18)14-24-16(3)26/h6-9,12-13H,4-5,10-11,14-15H2,1-3H3,(H,24,26). The first kappa shape index (κ1) is 20.7. The molecule has 1 aliphatic heterocycles. The molecule has 2 amide bonds. The van der Waals surface area contributed by atoms with Gasteiger partial charge in [0.15, 0.2) is 11.5 Å². The van der Waals surface area contributed by atoms with E-state index in [1.54, 1.807) is 0 Å². The number of carbonyl (C=O) groups excluding carboxylic acids is 2. The summed E-state index contributed by atoms with van der Waals surface area (Å²) in [6, 6.07) is 11.4. The Kier molecular flexibility index (Phi) is 6.75. The van der Waals surface area contributed by atoms with Crippen LogP contribution >= 0.6 is 0 Å². The second-order valence-electron chi connectivity index (χ2n) is 7.02. The maximum Gasteiger partial charge on any atom is 0.254 e. The van der Waals surface area contributed by atoms with E-state index in [1.807, 2.05) is 55.1 Å². The second kappa shape index (κ2) is 9.45. The van der Waals surface area contributed by atoms with Crippen molar-refractivity contribution < 1.29 is 19.1 Å². The van der Waals surface area contributed by atoms with Crippen molar-refractivity contribution in [2.24, 2.45) is 0 Å². The topological polar surface area (TPSA) is 67.9 Å². The lowest BCUT2D eigenvalue weighted by molar-refractivity contribution is -0.119. The van der Waals surface area contributed by atoms with Gasteiger partial charge in [-0.3, -0.25) is 9.59 Å². The van der Waals surface area contributed by atoms with E-state index in [0.29, 0.717) is 38.4 Å². The fourth-order valence-corrected chi connectivity index (χ4v) is 3.45. The van der Waals surface area contributed by atoms with E-state index < -0.39 is 0 Å². The molecule has 0 saturated carbocycles. The predicted molar refractivity (Wildman–Crippen MR) is 111 cm³/mol. The number of nitrogens with one attached hydrogen (secondary N) is 1. The van der Waals surface area contributed by atoms with Crippen LogP contribution in [0.15, 0.2) is 36.4 Å². The molecule has 2 aromatic rings. The Morgan fingerprint density at radius 3 is 2.21 bits per heavy atom. The molecule has 0 radical (unpaired) electrons. The van der Waals surface area contributed by atoms with Gasteiger partial charge in [0.05, 0.1) is 13.2 Å². The fourth-order valence-electron chi connectivity index (χ4n) is 3.45. The highest BCUT2D eigenvalue weighted by molar-refractivity contribution is 5.94. The lowest BCUT2D eigenvalue weighted by atomic mass is 9.98. The largest absolute Gasteiger partial charge is 0.490 e. The average molecular weight is 396 g/mol. The molecule has 0 fully saturated rings. The van der Waals surface area contributed by atoms with Gasteiger partial charge in [-0.2, -0.15) is 0 Å². The Labute approximate surface area is 171 Å². The number of benzene rings is 2. The molecule has 0 saturated heterocycles. The smallest absolute Gasteiger partial charge is 0.254 e. The third kappa shape index (κ3) is 5.08. The monoisotopic (exact) mass is 396 g/mol. The first-order valence-electron chi connectivity index (χ1n) is 10.1. The number of fused-ring (bicyclic) bond motifs is 1. The van der Waals surface area contributed by atoms with Crippen molar-refractivity contribution in [3.63, 3.8) is 0 Å². The minimum atomic E-state index is -0.0731. The lowest BCUT2D eigenvalue weighted by Gasteiger charge is -2.30. The predicted octanol–water partition coefficient (Wildman–Crippen LogP) is 3.32. The molecule has 2 aromatic carbocycles. The Bertz CT molecular complexity index is 877. The molecule has 1 aliphatic rings. The van der Waals surface area contributed by atoms with E-state index in [0.717, 1.165) is 29.0 Å². The minimum absolute atomic E-state index is 0.00794. The van der Waals surface area contributed by atoms with Crippen molar-refractivity contribution in [3.05, 3.63) is 58.7 Å². The Morgan fingerprint density at radius 2 is 1.62 bits per heavy atom. The SMILES string of the molecule is CCOc1cc2c(cc1OCC)CN(C(=O)c1ccc(CNC(C)=O)cc1)CC2. The van der Waals surface area contributed by atoms with Crippen LogP contribution in [0.25, 0.3) is 0 Å². The third-order valence-corrected chi connectivity index (χ3v) is 4.91. The molecule has 0 atom stereocenters. The van der Waals surface area contributed by atoms with Gasteiger partial charge in [0.1, 0.15) is 0 Å². The molecule has 29 heavy (non-hydrogen) atoms. The zero-order chi connectivity index (χ0) is 20.8. The van der Waals surface area contributed by atoms with Gasteiger partial charge in [-0.05, 0) is 61.2 Å². The number of rotatable bonds is 7. The summed E-state index contributed by atoms with van der Waals surface area (Å²) in [5, 5.41) is 2.76. The zero-order valence-electron chi connectivity index (χ0n) is 17.3. The Balaban J connectivity index is 1.73. The van der Waals surface area contributed by atoms with Crippen molar-refractivity contribution >= 4 is 11.8 Å². The summed E-state index contributed by atoms with van der Waals surface area (Å²) in [6.07, 6.45) is 0.786. The first-order valence-corrected chi connectivity index (χ1v) is 10.1. The van der Waals surface area contributed by atoms with Gasteiger partial charge >= 0.3 is 0 Å². The van der Waals surface area contributed by atoms with Gasteiger partial charge in [0, 0.05) is 32.1 Å². The van der Waals surface area contributed by atoms with Crippen LogP contribution in [0.4, 0.5) is 0 Å². The minimum Gasteiger partial charge on any atom is -0.490 e. The summed E-state index contributed by atoms with van der Waals surface area (Å²) >= 11 is 0. The van der Waals surface area contributed by atoms with Gasteiger partial charge in [0.25, 0.3) is 5.91 Å². The maximum atomic E-state index is 13.0. The summed E-state index contributed by atoms with van der Waals surface area (Å²) in [5.41, 5.74) is 3.91. The molecule has 1 heterocycles. The molecule has 154 valence electrons. The van der Waals surface area contributed by atoms with Crippen LogP contribution in [0.2, 0.25) is 0 Å². The van der Waals surface area contributed by atoms with Crippen molar-refractivity contribution in [2.45, 2.75) is 40.3 Å². The fraction of sp³-hybridized carbons (Fsp3) is 0.391. The number of carbonyl (C=O) groups is 2. The third-order valence-electron chi connectivity index (χ3n) is 4.91. The highest BCUT2D eigenvalue weighted by Crippen LogP contribution is 2.34. The molecule has 6 nitrogen and oxygen atoms in total. The maximum absolute atomic E-state index is 13.0. The van der Waals surface area contributed by atoms with Crippen LogP contribution in [0.1, 0.15) is 47.8 Å². The molecule has 0 aliphatic carbocycles. The van der Waals surface area contributed by atoms with E-state index in [4.69, 9.17) is 9.47 Å². The summed E-state index contributed by atoms with van der Waals surface area (Å²) in [4.78, 5) is 25.9. The van der Waals surface area contributed by atoms with Gasteiger partial charge in [-0.25, -0.2) is 0 Å². The number of ether oxygens (including phenoxy) is 2. The van der Waals surface area contributed by atoms with Crippen molar-refractivity contribution in [1.82, 2.24) is 10.2 Å². The first-order chi connectivity index (χ1) is 14.0. The molecule has 0 unspecified atom stereocenters. The van der Waals surface area contributed by atoms with Crippen LogP contribution in [0.5, 0.6) is 11.5 Å². The normalized spacial score (nSPS) is 12.9. The molecule has 0 spiro atoms. The molecule has 3 rings (SSSR count). The molecular weight excluding hydrogens is 368 g/mol. The Morgan fingerprint density at radius 1 is 1.00 bits per heavy atom. The van der Waals surface area contributed by atoms with Crippen LogP contribution in [-0.4, -0.2) is 36.5 Å². The average Bonchev–Trinajstić information content (AvgIpc) is 2.72. The van der Waals surface area contributed by atoms with Crippen LogP contribution in [-0.2, 0) is 24.3 Å². The zero-order valence-corrected chi connectivity index (χ0v) is 17.3. The molecule has 6 heteroatoms. The van der Waals surface area contributed by atoms with Crippen molar-refractivity contribution in [3.8, 4) is 11.5 Å². The van der Waals surface area contributed by atoms with Gasteiger partial charge in [0.2, 0.25) is 5.91 Å². The quantitative estimate of drug-likeness (QED) is 0.780. The summed E-state index contributed by atoms with van der Waals surface area (Å²) in [6.45, 7) is 8.21. The molecule has 0 aromatic heterocycles. The van der Waals surface area contributed by atoms with E-state index in [2.05, 4.69) is 5.32 Å². The highest BCUT2D eigenvalue weighted by Gasteiger charge is 2.24. The van der Waals surface area contributed by atoms with Crippen LogP contribution in [0.3, 0.4) is 0 Å². The molecule has 1 N–H and O–H groups in total. The van der Waals surface area contributed by atoms with Crippen molar-refractivity contribution in [1.29, 1.82) is 0 Å². The second-order valence-corrected chi connectivity index (χ2v) is 7.02.